The van der Waals surface area contributed by atoms with E-state index in [4.69, 9.17) is 10.5 Å². The Bertz CT molecular complexity index is 578. The molecule has 0 radical (unpaired) electrons. The molecule has 0 unspecified atom stereocenters. The van der Waals surface area contributed by atoms with Gasteiger partial charge in [-0.1, -0.05) is 6.07 Å². The summed E-state index contributed by atoms with van der Waals surface area (Å²) in [5.74, 6) is 0.553. The van der Waals surface area contributed by atoms with E-state index < -0.39 is 0 Å². The van der Waals surface area contributed by atoms with Crippen LogP contribution in [0.5, 0.6) is 5.88 Å². The molecule has 0 amide bonds. The fraction of sp³-hybridized carbons (Fsp3) is 0.500. The monoisotopic (exact) mass is 296 g/mol. The van der Waals surface area contributed by atoms with Crippen LogP contribution in [-0.4, -0.2) is 47.4 Å². The number of hydrogen-bond acceptors (Lipinski definition) is 3. The fourth-order valence-corrected chi connectivity index (χ4v) is 2.79. The van der Waals surface area contributed by atoms with Gasteiger partial charge in [0.15, 0.2) is 0 Å². The molecule has 0 spiro atoms. The number of ether oxygens (including phenoxy) is 1. The number of pyridine rings is 1. The minimum absolute atomic E-state index is 0. The van der Waals surface area contributed by atoms with Crippen molar-refractivity contribution in [1.82, 2.24) is 9.61 Å². The highest BCUT2D eigenvalue weighted by atomic mass is 35.5. The van der Waals surface area contributed by atoms with Gasteiger partial charge in [0.1, 0.15) is 18.8 Å². The van der Waals surface area contributed by atoms with Gasteiger partial charge < -0.3 is 27.4 Å². The van der Waals surface area contributed by atoms with Gasteiger partial charge in [0.05, 0.1) is 25.7 Å². The normalized spacial score (nSPS) is 17.1. The van der Waals surface area contributed by atoms with Crippen molar-refractivity contribution in [2.24, 2.45) is 0 Å². The van der Waals surface area contributed by atoms with E-state index in [9.17, 15) is 0 Å². The first kappa shape index (κ1) is 14.9. The second-order valence-corrected chi connectivity index (χ2v) is 5.60. The topological polar surface area (TPSA) is 52.5 Å². The van der Waals surface area contributed by atoms with Crippen LogP contribution in [0, 0.1) is 0 Å². The Balaban J connectivity index is 0.00000147. The van der Waals surface area contributed by atoms with Gasteiger partial charge in [-0.2, -0.15) is 0 Å². The molecule has 0 aromatic carbocycles. The van der Waals surface area contributed by atoms with Gasteiger partial charge in [0.2, 0.25) is 0 Å². The van der Waals surface area contributed by atoms with Crippen molar-refractivity contribution in [3.05, 3.63) is 24.4 Å². The summed E-state index contributed by atoms with van der Waals surface area (Å²) in [7, 11) is 2.30. The molecule has 0 atom stereocenters. The lowest BCUT2D eigenvalue weighted by atomic mass is 10.4. The molecule has 1 fully saturated rings. The summed E-state index contributed by atoms with van der Waals surface area (Å²) in [5.41, 5.74) is 7.58. The Kier molecular flexibility index (Phi) is 4.40. The maximum absolute atomic E-state index is 6.05. The minimum Gasteiger partial charge on any atom is -1.00 e. The molecule has 110 valence electrons. The first-order valence-electron chi connectivity index (χ1n) is 6.87. The average Bonchev–Trinajstić information content (AvgIpc) is 2.96. The molecule has 0 bridgehead atoms. The number of halogens is 1. The molecule has 2 aromatic rings. The molecular weight excluding hydrogens is 276 g/mol. The molecule has 2 aromatic heterocycles. The first-order chi connectivity index (χ1) is 9.18. The van der Waals surface area contributed by atoms with E-state index in [1.807, 2.05) is 24.4 Å². The molecule has 20 heavy (non-hydrogen) atoms. The van der Waals surface area contributed by atoms with Crippen molar-refractivity contribution in [2.75, 3.05) is 39.0 Å². The first-order valence-corrected chi connectivity index (χ1v) is 6.87. The molecule has 3 heterocycles. The predicted octanol–water partition coefficient (Wildman–Crippen LogP) is -1.46. The lowest BCUT2D eigenvalue weighted by molar-refractivity contribution is -0.897. The van der Waals surface area contributed by atoms with Crippen molar-refractivity contribution < 1.29 is 21.6 Å². The van der Waals surface area contributed by atoms with E-state index in [0.717, 1.165) is 16.5 Å². The Labute approximate surface area is 125 Å². The highest BCUT2D eigenvalue weighted by Crippen LogP contribution is 2.25. The Morgan fingerprint density at radius 2 is 2.10 bits per heavy atom. The number of rotatable bonds is 4. The Morgan fingerprint density at radius 3 is 2.80 bits per heavy atom. The van der Waals surface area contributed by atoms with Crippen molar-refractivity contribution >= 4 is 11.2 Å². The third-order valence-corrected chi connectivity index (χ3v) is 4.06. The standard InChI is InChI=1S/C14H21N4O.ClH/c1-18(8-4-5-9-18)10-11-19-14-13(15)12-6-2-3-7-17(12)16-14;/h2-3,6-7H,4-5,8-11,15H2,1H3;1H/q+1;/p-1. The van der Waals surface area contributed by atoms with Crippen LogP contribution in [0.3, 0.4) is 0 Å². The number of quaternary nitrogens is 1. The van der Waals surface area contributed by atoms with Crippen molar-refractivity contribution in [3.63, 3.8) is 0 Å². The van der Waals surface area contributed by atoms with E-state index in [2.05, 4.69) is 12.1 Å². The van der Waals surface area contributed by atoms with Crippen LogP contribution in [0.25, 0.3) is 5.52 Å². The van der Waals surface area contributed by atoms with E-state index in [1.165, 1.54) is 25.9 Å². The second-order valence-electron chi connectivity index (χ2n) is 5.60. The summed E-state index contributed by atoms with van der Waals surface area (Å²) < 4.78 is 8.64. The lowest BCUT2D eigenvalue weighted by Gasteiger charge is -2.28. The number of likely N-dealkylation sites (tertiary alicyclic amines) is 1. The van der Waals surface area contributed by atoms with Crippen LogP contribution in [0.15, 0.2) is 24.4 Å². The van der Waals surface area contributed by atoms with Crippen molar-refractivity contribution in [2.45, 2.75) is 12.8 Å². The maximum atomic E-state index is 6.05. The zero-order valence-corrected chi connectivity index (χ0v) is 12.5. The quantitative estimate of drug-likeness (QED) is 0.702. The minimum atomic E-state index is 0. The van der Waals surface area contributed by atoms with Gasteiger partial charge in [0, 0.05) is 19.0 Å². The largest absolute Gasteiger partial charge is 1.00 e. The summed E-state index contributed by atoms with van der Waals surface area (Å²) >= 11 is 0. The Morgan fingerprint density at radius 1 is 1.35 bits per heavy atom. The third kappa shape index (κ3) is 2.83. The predicted molar refractivity (Wildman–Crippen MR) is 75.1 cm³/mol. The number of likely N-dealkylation sites (N-methyl/N-ethyl adjacent to an activating group) is 1. The van der Waals surface area contributed by atoms with Gasteiger partial charge in [-0.15, -0.1) is 5.10 Å². The highest BCUT2D eigenvalue weighted by molar-refractivity contribution is 5.74. The van der Waals surface area contributed by atoms with E-state index in [-0.39, 0.29) is 12.4 Å². The molecule has 2 N–H and O–H groups in total. The summed E-state index contributed by atoms with van der Waals surface area (Å²) in [6.45, 7) is 4.20. The van der Waals surface area contributed by atoms with Gasteiger partial charge in [-0.05, 0) is 12.1 Å². The van der Waals surface area contributed by atoms with E-state index in [1.54, 1.807) is 4.52 Å². The highest BCUT2D eigenvalue weighted by Gasteiger charge is 2.26. The number of nitrogen functional groups attached to an aromatic ring is 1. The molecule has 6 heteroatoms. The maximum Gasteiger partial charge on any atom is 0.257 e. The molecule has 0 saturated carbocycles. The number of aromatic nitrogens is 2. The summed E-state index contributed by atoms with van der Waals surface area (Å²) in [6.07, 6.45) is 4.53. The zero-order valence-electron chi connectivity index (χ0n) is 11.8. The molecule has 0 aliphatic carbocycles. The molecule has 3 rings (SSSR count). The van der Waals surface area contributed by atoms with Crippen molar-refractivity contribution in [3.8, 4) is 5.88 Å². The molecule has 5 nitrogen and oxygen atoms in total. The van der Waals surface area contributed by atoms with Crippen molar-refractivity contribution in [1.29, 1.82) is 0 Å². The number of fused-ring (bicyclic) bond motifs is 1. The van der Waals surface area contributed by atoms with Crippen LogP contribution in [0.1, 0.15) is 12.8 Å². The molecule has 1 saturated heterocycles. The summed E-state index contributed by atoms with van der Waals surface area (Å²) in [6, 6.07) is 5.83. The van der Waals surface area contributed by atoms with Gasteiger partial charge >= 0.3 is 0 Å². The van der Waals surface area contributed by atoms with E-state index >= 15 is 0 Å². The lowest BCUT2D eigenvalue weighted by Crippen LogP contribution is -3.00. The Hall–Kier alpha value is -1.46. The smallest absolute Gasteiger partial charge is 0.257 e. The average molecular weight is 297 g/mol. The second kappa shape index (κ2) is 5.89. The number of hydrogen-bond donors (Lipinski definition) is 1. The zero-order chi connectivity index (χ0) is 13.3. The van der Waals surface area contributed by atoms with Crippen LogP contribution < -0.4 is 22.9 Å². The number of anilines is 1. The van der Waals surface area contributed by atoms with E-state index in [0.29, 0.717) is 18.2 Å². The molecule has 1 aliphatic rings. The summed E-state index contributed by atoms with van der Waals surface area (Å²) in [5, 5.41) is 4.36. The number of nitrogens with zero attached hydrogens (tertiary/aromatic N) is 3. The third-order valence-electron chi connectivity index (χ3n) is 4.06. The van der Waals surface area contributed by atoms with Crippen LogP contribution in [-0.2, 0) is 0 Å². The van der Waals surface area contributed by atoms with Gasteiger partial charge in [-0.3, -0.25) is 0 Å². The number of nitrogens with two attached hydrogens (primary N) is 1. The van der Waals surface area contributed by atoms with Crippen LogP contribution >= 0.6 is 0 Å². The SMILES string of the molecule is C[N+]1(CCOc2nn3ccccc3c2N)CCCC1.[Cl-]. The van der Waals surface area contributed by atoms with Crippen LogP contribution in [0.2, 0.25) is 0 Å². The van der Waals surface area contributed by atoms with Crippen LogP contribution in [0.4, 0.5) is 5.69 Å². The van der Waals surface area contributed by atoms with Gasteiger partial charge in [0.25, 0.3) is 5.88 Å². The fourth-order valence-electron chi connectivity index (χ4n) is 2.79. The molecule has 1 aliphatic heterocycles. The molecular formula is C14H21ClN4O. The van der Waals surface area contributed by atoms with Gasteiger partial charge in [-0.25, -0.2) is 4.52 Å². The summed E-state index contributed by atoms with van der Waals surface area (Å²) in [4.78, 5) is 0.